The number of nitrogens with one attached hydrogen (secondary N) is 2. The summed E-state index contributed by atoms with van der Waals surface area (Å²) in [6, 6.07) is -0.429. The van der Waals surface area contributed by atoms with E-state index in [2.05, 4.69) is 15.0 Å². The van der Waals surface area contributed by atoms with Crippen molar-refractivity contribution < 1.29 is 18.0 Å². The first-order valence-electron chi connectivity index (χ1n) is 6.84. The molecule has 1 heterocycles. The van der Waals surface area contributed by atoms with E-state index in [0.717, 1.165) is 0 Å². The monoisotopic (exact) mass is 321 g/mol. The predicted octanol–water partition coefficient (Wildman–Crippen LogP) is 3.34. The average molecular weight is 321 g/mol. The van der Waals surface area contributed by atoms with E-state index in [0.29, 0.717) is 29.1 Å². The highest BCUT2D eigenvalue weighted by Crippen LogP contribution is 2.37. The van der Waals surface area contributed by atoms with E-state index in [9.17, 15) is 18.0 Å². The number of halogens is 3. The lowest BCUT2D eigenvalue weighted by molar-refractivity contribution is -0.183. The fourth-order valence-corrected chi connectivity index (χ4v) is 3.43. The van der Waals surface area contributed by atoms with Crippen molar-refractivity contribution in [3.8, 4) is 0 Å². The minimum absolute atomic E-state index is 0.0409. The Morgan fingerprint density at radius 3 is 2.71 bits per heavy atom. The Bertz CT molecular complexity index is 515. The summed E-state index contributed by atoms with van der Waals surface area (Å²) in [4.78, 5) is 12.3. The molecule has 1 fully saturated rings. The van der Waals surface area contributed by atoms with Crippen LogP contribution in [-0.4, -0.2) is 29.5 Å². The molecular weight excluding hydrogens is 303 g/mol. The zero-order valence-electron chi connectivity index (χ0n) is 11.9. The number of amides is 1. The van der Waals surface area contributed by atoms with Gasteiger partial charge < -0.3 is 10.6 Å². The lowest BCUT2D eigenvalue weighted by atomic mass is 9.85. The van der Waals surface area contributed by atoms with Crippen LogP contribution in [0.15, 0.2) is 0 Å². The Morgan fingerprint density at radius 2 is 2.10 bits per heavy atom. The van der Waals surface area contributed by atoms with Crippen LogP contribution in [0, 0.1) is 12.8 Å². The van der Waals surface area contributed by atoms with Crippen molar-refractivity contribution >= 4 is 22.4 Å². The van der Waals surface area contributed by atoms with Gasteiger partial charge in [0.15, 0.2) is 0 Å². The van der Waals surface area contributed by atoms with Crippen LogP contribution in [0.2, 0.25) is 0 Å². The Morgan fingerprint density at radius 1 is 1.38 bits per heavy atom. The van der Waals surface area contributed by atoms with Crippen LogP contribution in [-0.2, 0) is 0 Å². The summed E-state index contributed by atoms with van der Waals surface area (Å²) in [6.07, 6.45) is -3.00. The van der Waals surface area contributed by atoms with Gasteiger partial charge in [0.05, 0.1) is 17.2 Å². The van der Waals surface area contributed by atoms with E-state index in [-0.39, 0.29) is 18.7 Å². The Hall–Kier alpha value is -1.31. The zero-order valence-corrected chi connectivity index (χ0v) is 12.7. The number of carbonyl (C=O) groups is 1. The van der Waals surface area contributed by atoms with Gasteiger partial charge >= 0.3 is 6.18 Å². The molecule has 1 aliphatic rings. The largest absolute Gasteiger partial charge is 0.391 e. The fraction of sp³-hybridized carbons (Fsp3) is 0.692. The van der Waals surface area contributed by atoms with E-state index in [1.807, 2.05) is 0 Å². The number of alkyl halides is 3. The zero-order chi connectivity index (χ0) is 15.6. The van der Waals surface area contributed by atoms with Gasteiger partial charge in [0.1, 0.15) is 5.00 Å². The molecule has 1 aliphatic carbocycles. The quantitative estimate of drug-likeness (QED) is 0.898. The van der Waals surface area contributed by atoms with Crippen LogP contribution >= 0.6 is 11.5 Å². The van der Waals surface area contributed by atoms with E-state index in [1.54, 1.807) is 14.0 Å². The van der Waals surface area contributed by atoms with Gasteiger partial charge in [0, 0.05) is 13.1 Å². The highest BCUT2D eigenvalue weighted by molar-refractivity contribution is 7.10. The topological polar surface area (TPSA) is 54.0 Å². The van der Waals surface area contributed by atoms with Crippen LogP contribution < -0.4 is 10.6 Å². The molecule has 0 aromatic carbocycles. The Balaban J connectivity index is 2.04. The maximum absolute atomic E-state index is 12.8. The molecule has 0 unspecified atom stereocenters. The smallest absolute Gasteiger partial charge is 0.378 e. The summed E-state index contributed by atoms with van der Waals surface area (Å²) in [6.45, 7) is 1.71. The van der Waals surface area contributed by atoms with E-state index in [1.165, 1.54) is 11.5 Å². The minimum Gasteiger partial charge on any atom is -0.378 e. The van der Waals surface area contributed by atoms with Crippen molar-refractivity contribution in [1.29, 1.82) is 0 Å². The van der Waals surface area contributed by atoms with E-state index < -0.39 is 18.1 Å². The van der Waals surface area contributed by atoms with Crippen LogP contribution in [0.3, 0.4) is 0 Å². The summed E-state index contributed by atoms with van der Waals surface area (Å²) in [5.41, 5.74) is 1.02. The van der Waals surface area contributed by atoms with Gasteiger partial charge in [-0.05, 0) is 37.7 Å². The standard InChI is InChI=1S/C13H18F3N3OS/c1-7-10(12(17-2)21-19-7)11(20)18-9-5-3-4-8(6-9)13(14,15)16/h8-9,17H,3-6H2,1-2H3,(H,18,20)/t8-,9+/m0/s1. The molecule has 2 rings (SSSR count). The van der Waals surface area contributed by atoms with Gasteiger partial charge in [-0.3, -0.25) is 4.79 Å². The first-order chi connectivity index (χ1) is 9.82. The SMILES string of the molecule is CNc1snc(C)c1C(=O)N[C@@H]1CCC[C@H](C(F)(F)F)C1. The third-order valence-corrected chi connectivity index (χ3v) is 4.75. The Kier molecular flexibility index (Phi) is 4.75. The summed E-state index contributed by atoms with van der Waals surface area (Å²) in [7, 11) is 1.68. The molecule has 1 aromatic heterocycles. The number of carbonyl (C=O) groups excluding carboxylic acids is 1. The second-order valence-corrected chi connectivity index (χ2v) is 6.07. The van der Waals surface area contributed by atoms with Gasteiger partial charge in [0.2, 0.25) is 0 Å². The number of hydrogen-bond donors (Lipinski definition) is 2. The second kappa shape index (κ2) is 6.21. The number of anilines is 1. The van der Waals surface area contributed by atoms with Crippen LogP contribution in [0.25, 0.3) is 0 Å². The first-order valence-corrected chi connectivity index (χ1v) is 7.62. The maximum Gasteiger partial charge on any atom is 0.391 e. The summed E-state index contributed by atoms with van der Waals surface area (Å²) < 4.78 is 42.4. The van der Waals surface area contributed by atoms with E-state index >= 15 is 0 Å². The highest BCUT2D eigenvalue weighted by Gasteiger charge is 2.42. The van der Waals surface area contributed by atoms with Gasteiger partial charge in [-0.2, -0.15) is 17.5 Å². The van der Waals surface area contributed by atoms with Crippen molar-refractivity contribution in [2.45, 2.75) is 44.8 Å². The van der Waals surface area contributed by atoms with Crippen molar-refractivity contribution in [3.63, 3.8) is 0 Å². The lowest BCUT2D eigenvalue weighted by Gasteiger charge is -2.31. The van der Waals surface area contributed by atoms with Crippen LogP contribution in [0.1, 0.15) is 41.7 Å². The number of aryl methyl sites for hydroxylation is 1. The van der Waals surface area contributed by atoms with Crippen molar-refractivity contribution in [2.75, 3.05) is 12.4 Å². The molecule has 21 heavy (non-hydrogen) atoms. The van der Waals surface area contributed by atoms with Crippen LogP contribution in [0.5, 0.6) is 0 Å². The molecular formula is C13H18F3N3OS. The second-order valence-electron chi connectivity index (χ2n) is 5.30. The van der Waals surface area contributed by atoms with Crippen LogP contribution in [0.4, 0.5) is 18.2 Å². The summed E-state index contributed by atoms with van der Waals surface area (Å²) >= 11 is 1.17. The van der Waals surface area contributed by atoms with Crippen molar-refractivity contribution in [3.05, 3.63) is 11.3 Å². The highest BCUT2D eigenvalue weighted by atomic mass is 32.1. The first kappa shape index (κ1) is 16.1. The molecule has 8 heteroatoms. The molecule has 0 saturated heterocycles. The molecule has 0 spiro atoms. The van der Waals surface area contributed by atoms with Crippen molar-refractivity contribution in [1.82, 2.24) is 9.69 Å². The van der Waals surface area contributed by atoms with Gasteiger partial charge in [0.25, 0.3) is 5.91 Å². The summed E-state index contributed by atoms with van der Waals surface area (Å²) in [5.74, 6) is -1.67. The molecule has 1 saturated carbocycles. The molecule has 0 radical (unpaired) electrons. The third-order valence-electron chi connectivity index (χ3n) is 3.79. The Labute approximate surface area is 125 Å². The van der Waals surface area contributed by atoms with Gasteiger partial charge in [-0.15, -0.1) is 0 Å². The number of hydrogen-bond acceptors (Lipinski definition) is 4. The van der Waals surface area contributed by atoms with Gasteiger partial charge in [-0.1, -0.05) is 6.42 Å². The maximum atomic E-state index is 12.8. The van der Waals surface area contributed by atoms with E-state index in [4.69, 9.17) is 0 Å². The molecule has 2 N–H and O–H groups in total. The minimum atomic E-state index is -4.18. The molecule has 4 nitrogen and oxygen atoms in total. The molecule has 2 atom stereocenters. The molecule has 0 bridgehead atoms. The molecule has 1 aromatic rings. The predicted molar refractivity (Wildman–Crippen MR) is 75.7 cm³/mol. The summed E-state index contributed by atoms with van der Waals surface area (Å²) in [5, 5.41) is 6.24. The van der Waals surface area contributed by atoms with Gasteiger partial charge in [-0.25, -0.2) is 0 Å². The molecule has 0 aliphatic heterocycles. The normalized spacial score (nSPS) is 22.9. The molecule has 118 valence electrons. The number of nitrogens with zero attached hydrogens (tertiary/aromatic N) is 1. The number of rotatable bonds is 3. The lowest BCUT2D eigenvalue weighted by Crippen LogP contribution is -2.41. The fourth-order valence-electron chi connectivity index (χ4n) is 2.68. The average Bonchev–Trinajstić information content (AvgIpc) is 2.79. The molecule has 1 amide bonds. The third kappa shape index (κ3) is 3.66. The van der Waals surface area contributed by atoms with Crippen molar-refractivity contribution in [2.24, 2.45) is 5.92 Å². The number of aromatic nitrogens is 1.